The Labute approximate surface area is 185 Å². The first-order chi connectivity index (χ1) is 14.8. The fourth-order valence-corrected chi connectivity index (χ4v) is 5.15. The van der Waals surface area contributed by atoms with Gasteiger partial charge in [0.25, 0.3) is 0 Å². The predicted octanol–water partition coefficient (Wildman–Crippen LogP) is 4.53. The minimum atomic E-state index is -3.60. The van der Waals surface area contributed by atoms with Crippen LogP contribution in [-0.2, 0) is 21.2 Å². The van der Waals surface area contributed by atoms with Crippen LogP contribution in [-0.4, -0.2) is 37.8 Å². The number of hydrogen-bond donors (Lipinski definition) is 1. The molecular weight excluding hydrogens is 412 g/mol. The number of anilines is 1. The zero-order chi connectivity index (χ0) is 22.4. The van der Waals surface area contributed by atoms with Crippen LogP contribution in [0.2, 0.25) is 0 Å². The highest BCUT2D eigenvalue weighted by Crippen LogP contribution is 2.31. The molecule has 1 N–H and O–H groups in total. The van der Waals surface area contributed by atoms with Crippen molar-refractivity contribution in [2.24, 2.45) is 0 Å². The van der Waals surface area contributed by atoms with Crippen molar-refractivity contribution in [3.8, 4) is 5.75 Å². The number of hydrogen-bond acceptors (Lipinski definition) is 4. The van der Waals surface area contributed by atoms with Gasteiger partial charge in [0, 0.05) is 19.5 Å². The van der Waals surface area contributed by atoms with E-state index in [1.807, 2.05) is 45.0 Å². The molecule has 6 nitrogen and oxygen atoms in total. The van der Waals surface area contributed by atoms with Crippen LogP contribution in [0.4, 0.5) is 5.69 Å². The van der Waals surface area contributed by atoms with Crippen LogP contribution in [0, 0.1) is 6.92 Å². The third-order valence-electron chi connectivity index (χ3n) is 5.30. The summed E-state index contributed by atoms with van der Waals surface area (Å²) in [5.41, 5.74) is 2.65. The molecule has 1 aliphatic rings. The largest absolute Gasteiger partial charge is 0.489 e. The lowest BCUT2D eigenvalue weighted by molar-refractivity contribution is -0.116. The first-order valence-corrected chi connectivity index (χ1v) is 12.4. The Hall–Kier alpha value is -2.38. The summed E-state index contributed by atoms with van der Waals surface area (Å²) in [6, 6.07) is 12.8. The Kier molecular flexibility index (Phi) is 7.73. The van der Waals surface area contributed by atoms with Gasteiger partial charge in [-0.25, -0.2) is 8.42 Å². The highest BCUT2D eigenvalue weighted by Gasteiger charge is 2.27. The SMILES string of the molecule is Cc1ccc(CCC(=O)Nc2cc(S(=O)(=O)N3CCCCC3)ccc2OC(C)C)cc1. The highest BCUT2D eigenvalue weighted by atomic mass is 32.2. The van der Waals surface area contributed by atoms with E-state index in [2.05, 4.69) is 5.32 Å². The van der Waals surface area contributed by atoms with Crippen molar-refractivity contribution in [3.05, 3.63) is 53.6 Å². The summed E-state index contributed by atoms with van der Waals surface area (Å²) in [4.78, 5) is 12.8. The number of amides is 1. The molecule has 1 amide bonds. The number of piperidine rings is 1. The summed E-state index contributed by atoms with van der Waals surface area (Å²) in [7, 11) is -3.60. The molecular formula is C24H32N2O4S. The van der Waals surface area contributed by atoms with Gasteiger partial charge in [0.1, 0.15) is 5.75 Å². The molecule has 0 aromatic heterocycles. The molecule has 1 heterocycles. The first-order valence-electron chi connectivity index (χ1n) is 10.9. The van der Waals surface area contributed by atoms with Gasteiger partial charge in [0.2, 0.25) is 15.9 Å². The molecule has 1 aliphatic heterocycles. The fraction of sp³-hybridized carbons (Fsp3) is 0.458. The van der Waals surface area contributed by atoms with Crippen LogP contribution in [0.1, 0.15) is 50.7 Å². The summed E-state index contributed by atoms with van der Waals surface area (Å²) < 4.78 is 33.5. The Morgan fingerprint density at radius 2 is 1.74 bits per heavy atom. The number of ether oxygens (including phenoxy) is 1. The number of benzene rings is 2. The maximum absolute atomic E-state index is 13.1. The minimum absolute atomic E-state index is 0.104. The number of nitrogens with zero attached hydrogens (tertiary/aromatic N) is 1. The van der Waals surface area contributed by atoms with Crippen LogP contribution in [0.3, 0.4) is 0 Å². The van der Waals surface area contributed by atoms with Crippen LogP contribution >= 0.6 is 0 Å². The monoisotopic (exact) mass is 444 g/mol. The molecule has 31 heavy (non-hydrogen) atoms. The van der Waals surface area contributed by atoms with E-state index in [1.165, 1.54) is 15.9 Å². The number of nitrogens with one attached hydrogen (secondary N) is 1. The van der Waals surface area contributed by atoms with E-state index in [-0.39, 0.29) is 16.9 Å². The maximum atomic E-state index is 13.1. The van der Waals surface area contributed by atoms with Gasteiger partial charge >= 0.3 is 0 Å². The molecule has 2 aromatic rings. The molecule has 1 saturated heterocycles. The van der Waals surface area contributed by atoms with Gasteiger partial charge in [0.15, 0.2) is 0 Å². The second kappa shape index (κ2) is 10.3. The van der Waals surface area contributed by atoms with Crippen LogP contribution in [0.15, 0.2) is 47.4 Å². The molecule has 168 valence electrons. The number of carbonyl (C=O) groups is 1. The molecule has 0 radical (unpaired) electrons. The maximum Gasteiger partial charge on any atom is 0.243 e. The van der Waals surface area contributed by atoms with Crippen molar-refractivity contribution < 1.29 is 17.9 Å². The molecule has 0 atom stereocenters. The summed E-state index contributed by atoms with van der Waals surface area (Å²) >= 11 is 0. The van der Waals surface area contributed by atoms with Gasteiger partial charge in [-0.05, 0) is 63.8 Å². The van der Waals surface area contributed by atoms with Gasteiger partial charge < -0.3 is 10.1 Å². The summed E-state index contributed by atoms with van der Waals surface area (Å²) in [5.74, 6) is 0.290. The van der Waals surface area contributed by atoms with E-state index in [0.29, 0.717) is 37.4 Å². The van der Waals surface area contributed by atoms with Crippen molar-refractivity contribution in [2.45, 2.75) is 63.9 Å². The Bertz CT molecular complexity index is 995. The van der Waals surface area contributed by atoms with E-state index in [1.54, 1.807) is 12.1 Å². The van der Waals surface area contributed by atoms with Gasteiger partial charge in [0.05, 0.1) is 16.7 Å². The lowest BCUT2D eigenvalue weighted by Gasteiger charge is -2.26. The third-order valence-corrected chi connectivity index (χ3v) is 7.20. The van der Waals surface area contributed by atoms with E-state index in [9.17, 15) is 13.2 Å². The van der Waals surface area contributed by atoms with Crippen molar-refractivity contribution in [3.63, 3.8) is 0 Å². The number of sulfonamides is 1. The predicted molar refractivity (Wildman–Crippen MR) is 123 cm³/mol. The Balaban J connectivity index is 1.78. The van der Waals surface area contributed by atoms with Crippen molar-refractivity contribution in [1.82, 2.24) is 4.31 Å². The normalized spacial score (nSPS) is 15.1. The van der Waals surface area contributed by atoms with Crippen molar-refractivity contribution in [1.29, 1.82) is 0 Å². The average molecular weight is 445 g/mol. The topological polar surface area (TPSA) is 75.7 Å². The smallest absolute Gasteiger partial charge is 0.243 e. The molecule has 0 saturated carbocycles. The van der Waals surface area contributed by atoms with Crippen molar-refractivity contribution >= 4 is 21.6 Å². The molecule has 3 rings (SSSR count). The molecule has 7 heteroatoms. The van der Waals surface area contributed by atoms with Gasteiger partial charge in [-0.2, -0.15) is 4.31 Å². The van der Waals surface area contributed by atoms with Gasteiger partial charge in [-0.1, -0.05) is 36.2 Å². The molecule has 2 aromatic carbocycles. The molecule has 0 aliphatic carbocycles. The van der Waals surface area contributed by atoms with Crippen LogP contribution in [0.25, 0.3) is 0 Å². The summed E-state index contributed by atoms with van der Waals surface area (Å²) in [5, 5.41) is 2.87. The molecule has 0 unspecified atom stereocenters. The minimum Gasteiger partial charge on any atom is -0.489 e. The van der Waals surface area contributed by atoms with Crippen molar-refractivity contribution in [2.75, 3.05) is 18.4 Å². The number of aryl methyl sites for hydroxylation is 2. The lowest BCUT2D eigenvalue weighted by atomic mass is 10.1. The van der Waals surface area contributed by atoms with Crippen LogP contribution in [0.5, 0.6) is 5.75 Å². The highest BCUT2D eigenvalue weighted by molar-refractivity contribution is 7.89. The van der Waals surface area contributed by atoms with Crippen LogP contribution < -0.4 is 10.1 Å². The molecule has 0 bridgehead atoms. The third kappa shape index (κ3) is 6.31. The van der Waals surface area contributed by atoms with E-state index in [4.69, 9.17) is 4.74 Å². The zero-order valence-corrected chi connectivity index (χ0v) is 19.4. The van der Waals surface area contributed by atoms with Gasteiger partial charge in [-0.3, -0.25) is 4.79 Å². The lowest BCUT2D eigenvalue weighted by Crippen LogP contribution is -2.35. The van der Waals surface area contributed by atoms with Gasteiger partial charge in [-0.15, -0.1) is 0 Å². The first kappa shape index (κ1) is 23.3. The second-order valence-electron chi connectivity index (χ2n) is 8.32. The molecule has 0 spiro atoms. The summed E-state index contributed by atoms with van der Waals surface area (Å²) in [6.45, 7) is 6.87. The molecule has 1 fully saturated rings. The summed E-state index contributed by atoms with van der Waals surface area (Å²) in [6.07, 6.45) is 3.60. The average Bonchev–Trinajstić information content (AvgIpc) is 2.75. The number of rotatable bonds is 8. The fourth-order valence-electron chi connectivity index (χ4n) is 3.60. The van der Waals surface area contributed by atoms with E-state index < -0.39 is 10.0 Å². The second-order valence-corrected chi connectivity index (χ2v) is 10.3. The zero-order valence-electron chi connectivity index (χ0n) is 18.6. The standard InChI is InChI=1S/C24H32N2O4S/c1-18(2)30-23-13-12-21(31(28,29)26-15-5-4-6-16-26)17-22(23)25-24(27)14-11-20-9-7-19(3)8-10-20/h7-10,12-13,17-18H,4-6,11,14-16H2,1-3H3,(H,25,27). The number of carbonyl (C=O) groups excluding carboxylic acids is 1. The Morgan fingerprint density at radius 3 is 2.39 bits per heavy atom. The van der Waals surface area contributed by atoms with E-state index in [0.717, 1.165) is 24.8 Å². The Morgan fingerprint density at radius 1 is 1.06 bits per heavy atom. The van der Waals surface area contributed by atoms with E-state index >= 15 is 0 Å². The quantitative estimate of drug-likeness (QED) is 0.649.